The molecule has 0 saturated heterocycles. The zero-order valence-corrected chi connectivity index (χ0v) is 9.97. The van der Waals surface area contributed by atoms with Crippen molar-refractivity contribution in [2.45, 2.75) is 13.5 Å². The van der Waals surface area contributed by atoms with Crippen LogP contribution in [0.4, 0.5) is 0 Å². The molecule has 5 nitrogen and oxygen atoms in total. The summed E-state index contributed by atoms with van der Waals surface area (Å²) in [7, 11) is 0. The lowest BCUT2D eigenvalue weighted by atomic mass is 10.3. The molecule has 0 atom stereocenters. The van der Waals surface area contributed by atoms with Gasteiger partial charge in [-0.3, -0.25) is 4.79 Å². The van der Waals surface area contributed by atoms with Crippen LogP contribution in [-0.2, 0) is 6.54 Å². The van der Waals surface area contributed by atoms with E-state index in [9.17, 15) is 4.79 Å². The number of thiazole rings is 1. The van der Waals surface area contributed by atoms with E-state index in [1.54, 1.807) is 0 Å². The first-order chi connectivity index (χ1) is 8.19. The van der Waals surface area contributed by atoms with Gasteiger partial charge in [0.15, 0.2) is 0 Å². The van der Waals surface area contributed by atoms with E-state index in [0.717, 1.165) is 10.7 Å². The molecule has 0 unspecified atom stereocenters. The minimum Gasteiger partial charge on any atom is -0.356 e. The highest BCUT2D eigenvalue weighted by Crippen LogP contribution is 2.08. The molecule has 0 aliphatic rings. The zero-order chi connectivity index (χ0) is 12.3. The minimum atomic E-state index is -0.237. The molecule has 2 rings (SSSR count). The summed E-state index contributed by atoms with van der Waals surface area (Å²) in [4.78, 5) is 18.7. The maximum Gasteiger partial charge on any atom is 0.268 e. The third kappa shape index (κ3) is 2.71. The first-order valence-corrected chi connectivity index (χ1v) is 5.84. The van der Waals surface area contributed by atoms with Gasteiger partial charge < -0.3 is 10.3 Å². The molecule has 0 aliphatic carbocycles. The summed E-state index contributed by atoms with van der Waals surface area (Å²) in [6, 6.07) is 3.47. The Morgan fingerprint density at radius 3 is 3.12 bits per heavy atom. The van der Waals surface area contributed by atoms with Gasteiger partial charge in [0.25, 0.3) is 5.91 Å². The van der Waals surface area contributed by atoms with Crippen LogP contribution in [0.5, 0.6) is 0 Å². The Balaban J connectivity index is 1.96. The van der Waals surface area contributed by atoms with E-state index in [1.807, 2.05) is 18.4 Å². The van der Waals surface area contributed by atoms with E-state index >= 15 is 0 Å². The number of hydrogen-bond acceptors (Lipinski definition) is 4. The van der Waals surface area contributed by atoms with Crippen molar-refractivity contribution in [3.05, 3.63) is 39.6 Å². The molecule has 1 amide bonds. The molecule has 0 fully saturated rings. The number of carbonyl (C=O) groups excluding carboxylic acids is 1. The molecule has 0 bridgehead atoms. The third-order valence-corrected chi connectivity index (χ3v) is 3.09. The number of nitriles is 1. The van der Waals surface area contributed by atoms with E-state index < -0.39 is 0 Å². The summed E-state index contributed by atoms with van der Waals surface area (Å²) in [5.41, 5.74) is 1.78. The van der Waals surface area contributed by atoms with Crippen LogP contribution in [0, 0.1) is 18.3 Å². The van der Waals surface area contributed by atoms with E-state index in [2.05, 4.69) is 15.3 Å². The molecule has 2 aromatic rings. The van der Waals surface area contributed by atoms with E-state index in [1.165, 1.54) is 23.6 Å². The molecular formula is C11H10N4OS. The topological polar surface area (TPSA) is 81.6 Å². The summed E-state index contributed by atoms with van der Waals surface area (Å²) in [5.74, 6) is -0.237. The molecule has 17 heavy (non-hydrogen) atoms. The highest BCUT2D eigenvalue weighted by molar-refractivity contribution is 7.09. The fraction of sp³-hybridized carbons (Fsp3) is 0.182. The lowest BCUT2D eigenvalue weighted by Gasteiger charge is -2.00. The number of aromatic nitrogens is 2. The summed E-state index contributed by atoms with van der Waals surface area (Å²) >= 11 is 1.51. The number of nitrogens with zero attached hydrogens (tertiary/aromatic N) is 2. The van der Waals surface area contributed by atoms with Gasteiger partial charge in [0, 0.05) is 17.3 Å². The third-order valence-electron chi connectivity index (χ3n) is 2.12. The van der Waals surface area contributed by atoms with Crippen molar-refractivity contribution in [2.24, 2.45) is 0 Å². The van der Waals surface area contributed by atoms with Crippen LogP contribution in [0.25, 0.3) is 0 Å². The SMILES string of the molecule is Cc1csc(CNC(=O)c2cc(C#N)c[nH]2)n1. The Hall–Kier alpha value is -2.13. The Bertz CT molecular complexity index is 578. The van der Waals surface area contributed by atoms with Crippen molar-refractivity contribution < 1.29 is 4.79 Å². The number of aromatic amines is 1. The molecule has 0 aromatic carbocycles. The fourth-order valence-electron chi connectivity index (χ4n) is 1.32. The molecule has 2 aromatic heterocycles. The number of nitrogens with one attached hydrogen (secondary N) is 2. The maximum absolute atomic E-state index is 11.7. The summed E-state index contributed by atoms with van der Waals surface area (Å²) in [5, 5.41) is 14.2. The van der Waals surface area contributed by atoms with Gasteiger partial charge in [0.05, 0.1) is 12.1 Å². The molecule has 86 valence electrons. The molecule has 2 heterocycles. The van der Waals surface area contributed by atoms with Gasteiger partial charge in [-0.05, 0) is 13.0 Å². The first-order valence-electron chi connectivity index (χ1n) is 4.97. The van der Waals surface area contributed by atoms with Crippen molar-refractivity contribution in [3.8, 4) is 6.07 Å². The Labute approximate surface area is 102 Å². The van der Waals surface area contributed by atoms with E-state index in [0.29, 0.717) is 17.8 Å². The van der Waals surface area contributed by atoms with Gasteiger partial charge in [-0.1, -0.05) is 0 Å². The summed E-state index contributed by atoms with van der Waals surface area (Å²) in [6.07, 6.45) is 1.50. The minimum absolute atomic E-state index is 0.237. The average molecular weight is 246 g/mol. The van der Waals surface area contributed by atoms with Crippen LogP contribution < -0.4 is 5.32 Å². The Kier molecular flexibility index (Phi) is 3.21. The van der Waals surface area contributed by atoms with Crippen molar-refractivity contribution in [3.63, 3.8) is 0 Å². The lowest BCUT2D eigenvalue weighted by Crippen LogP contribution is -2.22. The predicted molar refractivity (Wildman–Crippen MR) is 63.5 cm³/mol. The van der Waals surface area contributed by atoms with Crippen molar-refractivity contribution in [1.29, 1.82) is 5.26 Å². The number of rotatable bonds is 3. The quantitative estimate of drug-likeness (QED) is 0.862. The second kappa shape index (κ2) is 4.80. The smallest absolute Gasteiger partial charge is 0.268 e. The van der Waals surface area contributed by atoms with Gasteiger partial charge in [-0.25, -0.2) is 4.98 Å². The van der Waals surface area contributed by atoms with Crippen LogP contribution >= 0.6 is 11.3 Å². The average Bonchev–Trinajstić information content (AvgIpc) is 2.94. The van der Waals surface area contributed by atoms with Crippen LogP contribution in [-0.4, -0.2) is 15.9 Å². The molecule has 2 N–H and O–H groups in total. The zero-order valence-electron chi connectivity index (χ0n) is 9.15. The molecule has 0 saturated carbocycles. The highest BCUT2D eigenvalue weighted by atomic mass is 32.1. The first kappa shape index (κ1) is 11.4. The monoisotopic (exact) mass is 246 g/mol. The molecule has 0 spiro atoms. The Morgan fingerprint density at radius 1 is 1.71 bits per heavy atom. The van der Waals surface area contributed by atoms with Crippen LogP contribution in [0.15, 0.2) is 17.6 Å². The van der Waals surface area contributed by atoms with E-state index in [-0.39, 0.29) is 5.91 Å². The van der Waals surface area contributed by atoms with Crippen LogP contribution in [0.3, 0.4) is 0 Å². The summed E-state index contributed by atoms with van der Waals surface area (Å²) in [6.45, 7) is 2.31. The number of carbonyl (C=O) groups is 1. The number of aryl methyl sites for hydroxylation is 1. The maximum atomic E-state index is 11.7. The second-order valence-corrected chi connectivity index (χ2v) is 4.42. The Morgan fingerprint density at radius 2 is 2.53 bits per heavy atom. The molecular weight excluding hydrogens is 236 g/mol. The van der Waals surface area contributed by atoms with Gasteiger partial charge in [-0.2, -0.15) is 5.26 Å². The predicted octanol–water partition coefficient (Wildman–Crippen LogP) is 1.58. The highest BCUT2D eigenvalue weighted by Gasteiger charge is 2.08. The van der Waals surface area contributed by atoms with Crippen LogP contribution in [0.1, 0.15) is 26.8 Å². The molecule has 0 radical (unpaired) electrons. The second-order valence-electron chi connectivity index (χ2n) is 3.48. The number of amides is 1. The largest absolute Gasteiger partial charge is 0.356 e. The molecule has 0 aliphatic heterocycles. The standard InChI is InChI=1S/C11H10N4OS/c1-7-6-17-10(15-7)5-14-11(16)9-2-8(3-12)4-13-9/h2,4,6,13H,5H2,1H3,(H,14,16). The van der Waals surface area contributed by atoms with Gasteiger partial charge in [0.2, 0.25) is 0 Å². The van der Waals surface area contributed by atoms with Crippen LogP contribution in [0.2, 0.25) is 0 Å². The van der Waals surface area contributed by atoms with Gasteiger partial charge >= 0.3 is 0 Å². The van der Waals surface area contributed by atoms with Gasteiger partial charge in [0.1, 0.15) is 16.8 Å². The lowest BCUT2D eigenvalue weighted by molar-refractivity contribution is 0.0946. The number of H-pyrrole nitrogens is 1. The van der Waals surface area contributed by atoms with E-state index in [4.69, 9.17) is 5.26 Å². The van der Waals surface area contributed by atoms with Crippen molar-refractivity contribution >= 4 is 17.2 Å². The molecule has 6 heteroatoms. The normalized spacial score (nSPS) is 9.88. The fourth-order valence-corrected chi connectivity index (χ4v) is 2.04. The van der Waals surface area contributed by atoms with Gasteiger partial charge in [-0.15, -0.1) is 11.3 Å². The van der Waals surface area contributed by atoms with Crippen molar-refractivity contribution in [1.82, 2.24) is 15.3 Å². The van der Waals surface area contributed by atoms with Crippen molar-refractivity contribution in [2.75, 3.05) is 0 Å². The summed E-state index contributed by atoms with van der Waals surface area (Å²) < 4.78 is 0. The number of hydrogen-bond donors (Lipinski definition) is 2.